The molecule has 1 saturated carbocycles. The molecule has 0 aliphatic heterocycles. The summed E-state index contributed by atoms with van der Waals surface area (Å²) >= 11 is 6.66. The summed E-state index contributed by atoms with van der Waals surface area (Å²) in [5, 5.41) is 3.68. The summed E-state index contributed by atoms with van der Waals surface area (Å²) in [5.41, 5.74) is 2.67. The molecule has 0 aromatic heterocycles. The zero-order chi connectivity index (χ0) is 37.2. The Bertz CT molecular complexity index is 2070. The molecule has 0 bridgehead atoms. The van der Waals surface area contributed by atoms with E-state index in [4.69, 9.17) is 16.3 Å². The monoisotopic (exact) mass is 749 g/mol. The molecule has 6 rings (SSSR count). The normalized spacial score (nSPS) is 13.8. The SMILES string of the molecule is Cc1ccc(S(=O)(=O)N(CC(=O)N(Cc2ccccc2Cl)[C@H](Cc2ccccc2)C(=O)NC2CCCCC2)c2ccc(Oc3ccccc3)cc2)cc1. The number of rotatable bonds is 14. The number of nitrogens with one attached hydrogen (secondary N) is 1. The number of amides is 2. The summed E-state index contributed by atoms with van der Waals surface area (Å²) in [7, 11) is -4.26. The number of carbonyl (C=O) groups excluding carboxylic acids is 2. The lowest BCUT2D eigenvalue weighted by Gasteiger charge is -2.35. The molecule has 5 aromatic rings. The predicted octanol–water partition coefficient (Wildman–Crippen LogP) is 8.73. The van der Waals surface area contributed by atoms with E-state index in [0.717, 1.165) is 47.5 Å². The van der Waals surface area contributed by atoms with E-state index < -0.39 is 28.5 Å². The van der Waals surface area contributed by atoms with Gasteiger partial charge in [-0.3, -0.25) is 13.9 Å². The number of hydrogen-bond acceptors (Lipinski definition) is 5. The van der Waals surface area contributed by atoms with Gasteiger partial charge in [-0.2, -0.15) is 0 Å². The molecule has 1 atom stereocenters. The topological polar surface area (TPSA) is 96.0 Å². The van der Waals surface area contributed by atoms with Gasteiger partial charge in [-0.05, 0) is 85.5 Å². The highest BCUT2D eigenvalue weighted by molar-refractivity contribution is 7.92. The summed E-state index contributed by atoms with van der Waals surface area (Å²) < 4.78 is 36.0. The summed E-state index contributed by atoms with van der Waals surface area (Å²) in [6, 6.07) is 38.1. The molecule has 10 heteroatoms. The molecule has 0 unspecified atom stereocenters. The Morgan fingerprint density at radius 2 is 1.38 bits per heavy atom. The number of ether oxygens (including phenoxy) is 1. The van der Waals surface area contributed by atoms with Crippen LogP contribution in [0.1, 0.15) is 48.8 Å². The Morgan fingerprint density at radius 1 is 0.774 bits per heavy atom. The van der Waals surface area contributed by atoms with Gasteiger partial charge in [-0.25, -0.2) is 8.42 Å². The van der Waals surface area contributed by atoms with Crippen LogP contribution in [0.5, 0.6) is 11.5 Å². The molecule has 0 radical (unpaired) electrons. The third kappa shape index (κ3) is 9.86. The molecule has 1 N–H and O–H groups in total. The standard InChI is InChI=1S/C43H44ClN3O5S/c1-32-21-27-39(28-22-32)53(50,51)47(36-23-25-38(26-24-36)52-37-18-9-4-10-19-37)31-42(48)46(30-34-15-11-12-20-40(34)44)41(29-33-13-5-2-6-14-33)43(49)45-35-16-7-3-8-17-35/h2,4-6,9-15,18-28,35,41H,3,7-8,16-17,29-31H2,1H3,(H,45,49)/t41-/m1/s1. The van der Waals surface area contributed by atoms with Crippen molar-refractivity contribution in [2.24, 2.45) is 0 Å². The number of anilines is 1. The van der Waals surface area contributed by atoms with Gasteiger partial charge in [-0.15, -0.1) is 0 Å². The first kappa shape index (κ1) is 37.6. The maximum Gasteiger partial charge on any atom is 0.264 e. The van der Waals surface area contributed by atoms with Crippen molar-refractivity contribution < 1.29 is 22.7 Å². The summed E-state index contributed by atoms with van der Waals surface area (Å²) in [4.78, 5) is 30.7. The van der Waals surface area contributed by atoms with Crippen LogP contribution in [0.4, 0.5) is 5.69 Å². The number of hydrogen-bond donors (Lipinski definition) is 1. The zero-order valence-corrected chi connectivity index (χ0v) is 31.3. The van der Waals surface area contributed by atoms with Gasteiger partial charge in [0.25, 0.3) is 10.0 Å². The lowest BCUT2D eigenvalue weighted by Crippen LogP contribution is -2.55. The molecular formula is C43H44ClN3O5S. The van der Waals surface area contributed by atoms with E-state index in [1.54, 1.807) is 48.5 Å². The average Bonchev–Trinajstić information content (AvgIpc) is 3.17. The van der Waals surface area contributed by atoms with Gasteiger partial charge >= 0.3 is 0 Å². The molecule has 274 valence electrons. The first-order valence-electron chi connectivity index (χ1n) is 18.0. The van der Waals surface area contributed by atoms with Crippen molar-refractivity contribution in [2.45, 2.75) is 69.0 Å². The lowest BCUT2D eigenvalue weighted by atomic mass is 9.94. The molecule has 1 aliphatic carbocycles. The Hall–Kier alpha value is -5.12. The van der Waals surface area contributed by atoms with Crippen molar-refractivity contribution in [1.29, 1.82) is 0 Å². The minimum Gasteiger partial charge on any atom is -0.457 e. The van der Waals surface area contributed by atoms with E-state index in [1.165, 1.54) is 17.0 Å². The summed E-state index contributed by atoms with van der Waals surface area (Å²) in [6.07, 6.45) is 5.15. The average molecular weight is 750 g/mol. The lowest BCUT2D eigenvalue weighted by molar-refractivity contribution is -0.140. The fourth-order valence-electron chi connectivity index (χ4n) is 6.58. The maximum absolute atomic E-state index is 14.9. The van der Waals surface area contributed by atoms with Crippen LogP contribution in [0, 0.1) is 6.92 Å². The van der Waals surface area contributed by atoms with E-state index in [1.807, 2.05) is 79.7 Å². The fourth-order valence-corrected chi connectivity index (χ4v) is 8.19. The smallest absolute Gasteiger partial charge is 0.264 e. The molecule has 2 amide bonds. The van der Waals surface area contributed by atoms with E-state index in [0.29, 0.717) is 22.1 Å². The minimum atomic E-state index is -4.26. The second-order valence-electron chi connectivity index (χ2n) is 13.4. The number of sulfonamides is 1. The Labute approximate surface area is 317 Å². The molecule has 0 saturated heterocycles. The Morgan fingerprint density at radius 3 is 2.04 bits per heavy atom. The summed E-state index contributed by atoms with van der Waals surface area (Å²) in [5.74, 6) is 0.300. The molecule has 5 aromatic carbocycles. The Kier molecular flexibility index (Phi) is 12.5. The minimum absolute atomic E-state index is 0.00169. The van der Waals surface area contributed by atoms with Crippen LogP contribution in [0.15, 0.2) is 138 Å². The zero-order valence-electron chi connectivity index (χ0n) is 29.7. The highest BCUT2D eigenvalue weighted by atomic mass is 35.5. The highest BCUT2D eigenvalue weighted by Crippen LogP contribution is 2.30. The maximum atomic E-state index is 14.9. The number of benzene rings is 5. The number of carbonyl (C=O) groups is 2. The van der Waals surface area contributed by atoms with Crippen LogP contribution in [0.3, 0.4) is 0 Å². The van der Waals surface area contributed by atoms with Crippen LogP contribution in [-0.2, 0) is 32.6 Å². The largest absolute Gasteiger partial charge is 0.457 e. The number of aryl methyl sites for hydroxylation is 1. The molecule has 0 spiro atoms. The van der Waals surface area contributed by atoms with Gasteiger partial charge in [0, 0.05) is 24.0 Å². The third-order valence-electron chi connectivity index (χ3n) is 9.51. The van der Waals surface area contributed by atoms with Crippen molar-refractivity contribution in [3.05, 3.63) is 155 Å². The highest BCUT2D eigenvalue weighted by Gasteiger charge is 2.35. The van der Waals surface area contributed by atoms with Gasteiger partial charge in [0.1, 0.15) is 24.1 Å². The van der Waals surface area contributed by atoms with Crippen LogP contribution < -0.4 is 14.4 Å². The van der Waals surface area contributed by atoms with E-state index in [-0.39, 0.29) is 35.5 Å². The van der Waals surface area contributed by atoms with Gasteiger partial charge in [0.15, 0.2) is 0 Å². The second-order valence-corrected chi connectivity index (χ2v) is 15.7. The number of halogens is 1. The van der Waals surface area contributed by atoms with Crippen molar-refractivity contribution >= 4 is 39.1 Å². The fraction of sp³-hybridized carbons (Fsp3) is 0.256. The van der Waals surface area contributed by atoms with Crippen molar-refractivity contribution in [2.75, 3.05) is 10.8 Å². The second kappa shape index (κ2) is 17.6. The van der Waals surface area contributed by atoms with E-state index in [9.17, 15) is 18.0 Å². The predicted molar refractivity (Wildman–Crippen MR) is 210 cm³/mol. The Balaban J connectivity index is 1.39. The first-order valence-corrected chi connectivity index (χ1v) is 19.8. The van der Waals surface area contributed by atoms with Crippen molar-refractivity contribution in [3.63, 3.8) is 0 Å². The van der Waals surface area contributed by atoms with Gasteiger partial charge in [0.2, 0.25) is 11.8 Å². The van der Waals surface area contributed by atoms with Crippen LogP contribution in [0.25, 0.3) is 0 Å². The van der Waals surface area contributed by atoms with Gasteiger partial charge in [0.05, 0.1) is 10.6 Å². The molecular weight excluding hydrogens is 706 g/mol. The van der Waals surface area contributed by atoms with E-state index in [2.05, 4.69) is 5.32 Å². The van der Waals surface area contributed by atoms with Gasteiger partial charge in [-0.1, -0.05) is 115 Å². The first-order chi connectivity index (χ1) is 25.7. The van der Waals surface area contributed by atoms with Crippen LogP contribution in [0.2, 0.25) is 5.02 Å². The van der Waals surface area contributed by atoms with Crippen molar-refractivity contribution in [3.8, 4) is 11.5 Å². The van der Waals surface area contributed by atoms with Gasteiger partial charge < -0.3 is 15.0 Å². The third-order valence-corrected chi connectivity index (χ3v) is 11.7. The molecule has 53 heavy (non-hydrogen) atoms. The molecule has 1 aliphatic rings. The van der Waals surface area contributed by atoms with Crippen molar-refractivity contribution in [1.82, 2.24) is 10.2 Å². The van der Waals surface area contributed by atoms with E-state index >= 15 is 0 Å². The number of nitrogens with zero attached hydrogens (tertiary/aromatic N) is 2. The quantitative estimate of drug-likeness (QED) is 0.123. The molecule has 1 fully saturated rings. The molecule has 0 heterocycles. The summed E-state index contributed by atoms with van der Waals surface area (Å²) in [6.45, 7) is 1.30. The van der Waals surface area contributed by atoms with Crippen LogP contribution in [-0.4, -0.2) is 43.8 Å². The molecule has 8 nitrogen and oxygen atoms in total. The van der Waals surface area contributed by atoms with Crippen LogP contribution >= 0.6 is 11.6 Å². The number of para-hydroxylation sites is 1.